The summed E-state index contributed by atoms with van der Waals surface area (Å²) in [7, 11) is 0. The number of halogens is 2. The highest BCUT2D eigenvalue weighted by Crippen LogP contribution is 2.31. The van der Waals surface area contributed by atoms with Crippen LogP contribution in [0.15, 0.2) is 82.5 Å². The second-order valence-electron chi connectivity index (χ2n) is 7.12. The lowest BCUT2D eigenvalue weighted by atomic mass is 10.1. The van der Waals surface area contributed by atoms with Crippen molar-refractivity contribution in [1.29, 1.82) is 0 Å². The van der Waals surface area contributed by atoms with Crippen molar-refractivity contribution in [3.8, 4) is 11.3 Å². The van der Waals surface area contributed by atoms with Gasteiger partial charge in [-0.05, 0) is 43.3 Å². The van der Waals surface area contributed by atoms with Gasteiger partial charge in [-0.3, -0.25) is 4.98 Å². The molecule has 3 heterocycles. The third-order valence-electron chi connectivity index (χ3n) is 5.01. The van der Waals surface area contributed by atoms with E-state index in [2.05, 4.69) is 22.1 Å². The van der Waals surface area contributed by atoms with Gasteiger partial charge in [0.2, 0.25) is 4.80 Å². The van der Waals surface area contributed by atoms with Crippen LogP contribution in [-0.2, 0) is 0 Å². The first-order chi connectivity index (χ1) is 15.6. The third-order valence-corrected chi connectivity index (χ3v) is 6.39. The van der Waals surface area contributed by atoms with Gasteiger partial charge in [0, 0.05) is 44.3 Å². The molecule has 0 spiro atoms. The van der Waals surface area contributed by atoms with Crippen molar-refractivity contribution in [2.24, 2.45) is 10.1 Å². The number of rotatable bonds is 4. The molecule has 3 aromatic heterocycles. The van der Waals surface area contributed by atoms with Crippen molar-refractivity contribution in [2.75, 3.05) is 0 Å². The Balaban J connectivity index is 1.71. The Kier molecular flexibility index (Phi) is 5.66. The van der Waals surface area contributed by atoms with Gasteiger partial charge >= 0.3 is 0 Å². The topological polar surface area (TPSA) is 58.3 Å². The van der Waals surface area contributed by atoms with Crippen molar-refractivity contribution in [1.82, 2.24) is 14.6 Å². The maximum atomic E-state index is 6.51. The molecular weight excluding hydrogens is 461 g/mol. The number of benzene rings is 2. The Bertz CT molecular complexity index is 1510. The zero-order valence-corrected chi connectivity index (χ0v) is 19.3. The van der Waals surface area contributed by atoms with Crippen molar-refractivity contribution in [3.63, 3.8) is 0 Å². The summed E-state index contributed by atoms with van der Waals surface area (Å²) in [4.78, 5) is 13.0. The summed E-state index contributed by atoms with van der Waals surface area (Å²) in [6.45, 7) is 2.04. The number of aromatic amines is 1. The van der Waals surface area contributed by atoms with Crippen LogP contribution in [0.1, 0.15) is 11.3 Å². The van der Waals surface area contributed by atoms with Crippen molar-refractivity contribution >= 4 is 57.3 Å². The van der Waals surface area contributed by atoms with Crippen molar-refractivity contribution in [3.05, 3.63) is 98.5 Å². The molecule has 0 aliphatic carbocycles. The molecule has 0 saturated carbocycles. The normalized spacial score (nSPS) is 12.3. The van der Waals surface area contributed by atoms with Crippen LogP contribution >= 0.6 is 34.5 Å². The molecular formula is C24H17Cl2N5S. The van der Waals surface area contributed by atoms with Gasteiger partial charge in [-0.1, -0.05) is 41.4 Å². The summed E-state index contributed by atoms with van der Waals surface area (Å²) in [6, 6.07) is 17.3. The van der Waals surface area contributed by atoms with E-state index in [1.54, 1.807) is 29.2 Å². The van der Waals surface area contributed by atoms with Gasteiger partial charge in [0.25, 0.3) is 0 Å². The van der Waals surface area contributed by atoms with E-state index in [9.17, 15) is 0 Å². The second-order valence-corrected chi connectivity index (χ2v) is 8.80. The molecule has 0 fully saturated rings. The van der Waals surface area contributed by atoms with Gasteiger partial charge in [0.05, 0.1) is 28.8 Å². The van der Waals surface area contributed by atoms with Crippen LogP contribution in [-0.4, -0.2) is 20.9 Å². The van der Waals surface area contributed by atoms with Gasteiger partial charge < -0.3 is 4.98 Å². The van der Waals surface area contributed by atoms with E-state index in [-0.39, 0.29) is 0 Å². The third kappa shape index (κ3) is 4.00. The lowest BCUT2D eigenvalue weighted by molar-refractivity contribution is 0.854. The zero-order valence-electron chi connectivity index (χ0n) is 17.0. The summed E-state index contributed by atoms with van der Waals surface area (Å²) < 4.78 is 1.79. The van der Waals surface area contributed by atoms with E-state index in [0.29, 0.717) is 14.8 Å². The molecule has 2 aromatic carbocycles. The number of pyridine rings is 1. The second kappa shape index (κ2) is 8.74. The first-order valence-corrected chi connectivity index (χ1v) is 11.5. The average Bonchev–Trinajstić information content (AvgIpc) is 3.34. The lowest BCUT2D eigenvalue weighted by Crippen LogP contribution is -2.11. The first kappa shape index (κ1) is 20.7. The number of aromatic nitrogens is 3. The number of thiazole rings is 1. The van der Waals surface area contributed by atoms with Gasteiger partial charge in [0.15, 0.2) is 0 Å². The lowest BCUT2D eigenvalue weighted by Gasteiger charge is -2.06. The maximum Gasteiger partial charge on any atom is 0.211 e. The van der Waals surface area contributed by atoms with Crippen LogP contribution < -0.4 is 4.80 Å². The molecule has 0 saturated heterocycles. The standard InChI is InChI=1S/C24H17Cl2N5S/c1-15-20(18-6-2-3-7-22(18)29-15)13-28-31-23(19-11-16(25)8-9-21(19)26)14-32-24(31)30-17-5-4-10-27-12-17/h2-14,29H,1H3. The highest BCUT2D eigenvalue weighted by molar-refractivity contribution is 7.07. The monoisotopic (exact) mass is 477 g/mol. The van der Waals surface area contributed by atoms with E-state index in [4.69, 9.17) is 33.3 Å². The average molecular weight is 478 g/mol. The fourth-order valence-corrected chi connectivity index (χ4v) is 4.71. The summed E-state index contributed by atoms with van der Waals surface area (Å²) in [5.41, 5.74) is 5.47. The first-order valence-electron chi connectivity index (χ1n) is 9.82. The molecule has 5 aromatic rings. The number of aryl methyl sites for hydroxylation is 1. The summed E-state index contributed by atoms with van der Waals surface area (Å²) >= 11 is 14.2. The van der Waals surface area contributed by atoms with Gasteiger partial charge in [-0.2, -0.15) is 5.10 Å². The molecule has 32 heavy (non-hydrogen) atoms. The highest BCUT2D eigenvalue weighted by atomic mass is 35.5. The largest absolute Gasteiger partial charge is 0.358 e. The molecule has 0 bridgehead atoms. The Labute approximate surface area is 198 Å². The molecule has 1 N–H and O–H groups in total. The molecule has 8 heteroatoms. The predicted molar refractivity (Wildman–Crippen MR) is 133 cm³/mol. The molecule has 0 unspecified atom stereocenters. The number of hydrogen-bond donors (Lipinski definition) is 1. The molecule has 0 amide bonds. The van der Waals surface area contributed by atoms with Crippen LogP contribution in [0.5, 0.6) is 0 Å². The molecule has 158 valence electrons. The molecule has 5 nitrogen and oxygen atoms in total. The van der Waals surface area contributed by atoms with E-state index in [1.807, 2.05) is 48.9 Å². The Hall–Kier alpha value is -3.19. The number of para-hydroxylation sites is 1. The highest BCUT2D eigenvalue weighted by Gasteiger charge is 2.13. The van der Waals surface area contributed by atoms with Gasteiger partial charge in [0.1, 0.15) is 0 Å². The molecule has 5 rings (SSSR count). The van der Waals surface area contributed by atoms with E-state index < -0.39 is 0 Å². The quantitative estimate of drug-likeness (QED) is 0.283. The minimum absolute atomic E-state index is 0.590. The van der Waals surface area contributed by atoms with E-state index in [1.165, 1.54) is 11.3 Å². The number of nitrogens with one attached hydrogen (secondary N) is 1. The van der Waals surface area contributed by atoms with Crippen LogP contribution in [0, 0.1) is 6.92 Å². The predicted octanol–water partition coefficient (Wildman–Crippen LogP) is 6.82. The van der Waals surface area contributed by atoms with E-state index in [0.717, 1.165) is 39.1 Å². The van der Waals surface area contributed by atoms with Crippen LogP contribution in [0.25, 0.3) is 22.2 Å². The summed E-state index contributed by atoms with van der Waals surface area (Å²) in [5.74, 6) is 0. The van der Waals surface area contributed by atoms with Crippen LogP contribution in [0.3, 0.4) is 0 Å². The zero-order chi connectivity index (χ0) is 22.1. The molecule has 0 atom stereocenters. The van der Waals surface area contributed by atoms with Crippen molar-refractivity contribution in [2.45, 2.75) is 6.92 Å². The molecule has 0 radical (unpaired) electrons. The SMILES string of the molecule is Cc1[nH]c2ccccc2c1C=Nn1c(-c2cc(Cl)ccc2Cl)csc1=Nc1cccnc1. The number of nitrogens with zero attached hydrogens (tertiary/aromatic N) is 4. The fourth-order valence-electron chi connectivity index (χ4n) is 3.48. The summed E-state index contributed by atoms with van der Waals surface area (Å²) in [5, 5.41) is 9.11. The Morgan fingerprint density at radius 3 is 2.81 bits per heavy atom. The molecule has 0 aliphatic heterocycles. The van der Waals surface area contributed by atoms with Crippen molar-refractivity contribution < 1.29 is 0 Å². The smallest absolute Gasteiger partial charge is 0.211 e. The molecule has 0 aliphatic rings. The Morgan fingerprint density at radius 2 is 1.97 bits per heavy atom. The summed E-state index contributed by atoms with van der Waals surface area (Å²) in [6.07, 6.45) is 5.28. The van der Waals surface area contributed by atoms with Gasteiger partial charge in [-0.25, -0.2) is 9.67 Å². The minimum Gasteiger partial charge on any atom is -0.358 e. The van der Waals surface area contributed by atoms with Gasteiger partial charge in [-0.15, -0.1) is 11.3 Å². The minimum atomic E-state index is 0.590. The Morgan fingerprint density at radius 1 is 1.09 bits per heavy atom. The fraction of sp³-hybridized carbons (Fsp3) is 0.0417. The maximum absolute atomic E-state index is 6.51. The number of fused-ring (bicyclic) bond motifs is 1. The van der Waals surface area contributed by atoms with E-state index >= 15 is 0 Å². The van der Waals surface area contributed by atoms with Crippen LogP contribution in [0.4, 0.5) is 5.69 Å². The number of hydrogen-bond acceptors (Lipinski definition) is 4. The number of H-pyrrole nitrogens is 1. The van der Waals surface area contributed by atoms with Crippen LogP contribution in [0.2, 0.25) is 10.0 Å².